The Morgan fingerprint density at radius 2 is 1.66 bits per heavy atom. The standard InChI is InChI=1S/C57H69N3O8S2/c1-5-37-13-14-38-11-7-8-12-45(38)46(37)29-48-39(15-17-50(62)54(48)67-4)24-42(23-36-19-22-59-31-36)52(64)30-53(65)47(41-25-43(28-44(61)26-41)57(58-3)20-9-6-10-21-57)27-40-16-18-51(63)55-49(40)32-69-70-34-56(2,66)33-60-35-68-55/h7-8,11-19,22,25-26,28,31,42,47,52,58-64,66H,5-6,9-10,20-21,23-24,27,29-30,32-35H2,1-4H3. The van der Waals surface area contributed by atoms with Crippen molar-refractivity contribution in [2.45, 2.75) is 113 Å². The number of aromatic amines is 1. The van der Waals surface area contributed by atoms with Crippen molar-refractivity contribution in [3.05, 3.63) is 147 Å². The van der Waals surface area contributed by atoms with E-state index in [1.807, 2.05) is 55.8 Å². The van der Waals surface area contributed by atoms with Crippen molar-refractivity contribution in [2.75, 3.05) is 33.2 Å². The lowest BCUT2D eigenvalue weighted by atomic mass is 9.74. The summed E-state index contributed by atoms with van der Waals surface area (Å²) >= 11 is 0. The zero-order valence-corrected chi connectivity index (χ0v) is 42.5. The Bertz CT molecular complexity index is 2740. The highest BCUT2D eigenvalue weighted by molar-refractivity contribution is 8.76. The lowest BCUT2D eigenvalue weighted by molar-refractivity contribution is -0.123. The van der Waals surface area contributed by atoms with Crippen molar-refractivity contribution in [2.24, 2.45) is 5.92 Å². The van der Waals surface area contributed by atoms with Gasteiger partial charge in [0.1, 0.15) is 18.3 Å². The molecule has 2 heterocycles. The monoisotopic (exact) mass is 987 g/mol. The number of aryl methyl sites for hydroxylation is 1. The van der Waals surface area contributed by atoms with Crippen LogP contribution < -0.4 is 20.1 Å². The fraction of sp³-hybridized carbons (Fsp3) is 0.421. The molecule has 11 nitrogen and oxygen atoms in total. The van der Waals surface area contributed by atoms with E-state index in [0.717, 1.165) is 88.2 Å². The molecule has 1 fully saturated rings. The number of ether oxygens (including phenoxy) is 2. The molecule has 8 rings (SSSR count). The summed E-state index contributed by atoms with van der Waals surface area (Å²) in [5, 5.41) is 66.5. The molecule has 0 amide bonds. The van der Waals surface area contributed by atoms with Crippen molar-refractivity contribution in [1.29, 1.82) is 0 Å². The first-order valence-electron chi connectivity index (χ1n) is 24.7. The number of rotatable bonds is 17. The quantitative estimate of drug-likeness (QED) is 0.0407. The zero-order chi connectivity index (χ0) is 49.4. The number of Topliss-reactive ketones (excluding diaryl/α,β-unsaturated/α-hetero) is 1. The van der Waals surface area contributed by atoms with Gasteiger partial charge in [-0.15, -0.1) is 0 Å². The van der Waals surface area contributed by atoms with Crippen molar-refractivity contribution >= 4 is 38.1 Å². The number of ketones is 1. The van der Waals surface area contributed by atoms with Gasteiger partial charge in [-0.2, -0.15) is 0 Å². The van der Waals surface area contributed by atoms with Crippen molar-refractivity contribution in [1.82, 2.24) is 15.6 Å². The summed E-state index contributed by atoms with van der Waals surface area (Å²) in [6.07, 6.45) is 9.92. The van der Waals surface area contributed by atoms with Gasteiger partial charge >= 0.3 is 0 Å². The third kappa shape index (κ3) is 11.8. The first kappa shape index (κ1) is 51.2. The number of hydrogen-bond donors (Lipinski definition) is 8. The molecule has 0 bridgehead atoms. The fourth-order valence-electron chi connectivity index (χ4n) is 10.8. The van der Waals surface area contributed by atoms with Gasteiger partial charge in [0.05, 0.1) is 18.8 Å². The molecule has 1 aromatic heterocycles. The highest BCUT2D eigenvalue weighted by Crippen LogP contribution is 2.44. The molecule has 2 aliphatic rings. The normalized spacial score (nSPS) is 18.8. The number of β-amino-alcohol motifs (C(OH)–C–C–N with tert-alkyl or cyclic N) is 1. The van der Waals surface area contributed by atoms with Crippen LogP contribution in [-0.4, -0.2) is 81.2 Å². The minimum atomic E-state index is -1.09. The molecule has 5 aromatic carbocycles. The van der Waals surface area contributed by atoms with Gasteiger partial charge in [0.2, 0.25) is 0 Å². The number of hydrogen-bond acceptors (Lipinski definition) is 12. The van der Waals surface area contributed by atoms with Crippen molar-refractivity contribution in [3.8, 4) is 28.7 Å². The molecule has 0 spiro atoms. The molecule has 372 valence electrons. The van der Waals surface area contributed by atoms with E-state index in [-0.39, 0.29) is 48.1 Å². The molecule has 6 aromatic rings. The van der Waals surface area contributed by atoms with E-state index in [9.17, 15) is 25.5 Å². The van der Waals surface area contributed by atoms with Crippen LogP contribution in [0.1, 0.15) is 108 Å². The molecular formula is C57H69N3O8S2. The largest absolute Gasteiger partial charge is 0.508 e. The molecule has 4 atom stereocenters. The van der Waals surface area contributed by atoms with Crippen molar-refractivity contribution < 1.29 is 39.8 Å². The van der Waals surface area contributed by atoms with E-state index >= 15 is 4.79 Å². The molecule has 0 radical (unpaired) electrons. The summed E-state index contributed by atoms with van der Waals surface area (Å²) in [6.45, 7) is 4.29. The molecule has 1 aliphatic carbocycles. The van der Waals surface area contributed by atoms with E-state index in [0.29, 0.717) is 54.4 Å². The van der Waals surface area contributed by atoms with Gasteiger partial charge in [-0.25, -0.2) is 0 Å². The second kappa shape index (κ2) is 22.9. The Morgan fingerprint density at radius 3 is 2.41 bits per heavy atom. The summed E-state index contributed by atoms with van der Waals surface area (Å²) in [5.74, 6) is 0.294. The van der Waals surface area contributed by atoms with E-state index in [2.05, 4.69) is 52.9 Å². The molecule has 1 aliphatic heterocycles. The highest BCUT2D eigenvalue weighted by Gasteiger charge is 2.36. The number of aliphatic hydroxyl groups excluding tert-OH is 1. The van der Waals surface area contributed by atoms with Gasteiger partial charge in [-0.3, -0.25) is 10.1 Å². The van der Waals surface area contributed by atoms with Crippen LogP contribution in [0.25, 0.3) is 10.8 Å². The second-order valence-electron chi connectivity index (χ2n) is 19.6. The predicted molar refractivity (Wildman–Crippen MR) is 282 cm³/mol. The second-order valence-corrected chi connectivity index (χ2v) is 22.0. The third-order valence-corrected chi connectivity index (χ3v) is 17.2. The number of methoxy groups -OCH3 is 1. The van der Waals surface area contributed by atoms with Crippen LogP contribution in [0.3, 0.4) is 0 Å². The third-order valence-electron chi connectivity index (χ3n) is 14.7. The average molecular weight is 988 g/mol. The SMILES string of the molecule is CCc1ccc2ccccc2c1Cc1c(CC(Cc2cc[nH]c2)C(O)CC(=O)C(Cc2ccc(O)c3c2CSSCC(C)(O)CNCO3)c2cc(O)cc(C3(NC)CCCCC3)c2)ccc(O)c1OC. The molecule has 13 heteroatoms. The number of benzene rings is 5. The van der Waals surface area contributed by atoms with Gasteiger partial charge in [-0.05, 0) is 138 Å². The Morgan fingerprint density at radius 1 is 0.886 bits per heavy atom. The zero-order valence-electron chi connectivity index (χ0n) is 40.9. The first-order valence-corrected chi connectivity index (χ1v) is 27.2. The summed E-state index contributed by atoms with van der Waals surface area (Å²) in [7, 11) is 6.61. The van der Waals surface area contributed by atoms with Gasteiger partial charge < -0.3 is 45.3 Å². The van der Waals surface area contributed by atoms with Crippen LogP contribution in [0.4, 0.5) is 0 Å². The summed E-state index contributed by atoms with van der Waals surface area (Å²) in [5.41, 5.74) is 6.87. The lowest BCUT2D eigenvalue weighted by Crippen LogP contribution is -2.41. The van der Waals surface area contributed by atoms with E-state index in [1.165, 1.54) is 16.4 Å². The minimum Gasteiger partial charge on any atom is -0.508 e. The van der Waals surface area contributed by atoms with Gasteiger partial charge in [0.15, 0.2) is 23.0 Å². The number of carbonyl (C=O) groups excluding carboxylic acids is 1. The number of aromatic hydroxyl groups is 3. The number of carbonyl (C=O) groups is 1. The Balaban J connectivity index is 1.17. The maximum Gasteiger partial charge on any atom is 0.167 e. The van der Waals surface area contributed by atoms with Gasteiger partial charge in [0, 0.05) is 65.9 Å². The number of nitrogens with one attached hydrogen (secondary N) is 3. The molecule has 4 unspecified atom stereocenters. The first-order chi connectivity index (χ1) is 33.8. The number of aliphatic hydroxyl groups is 2. The van der Waals surface area contributed by atoms with Gasteiger partial charge in [0.25, 0.3) is 0 Å². The predicted octanol–water partition coefficient (Wildman–Crippen LogP) is 10.1. The van der Waals surface area contributed by atoms with E-state index in [4.69, 9.17) is 9.47 Å². The molecule has 0 saturated heterocycles. The van der Waals surface area contributed by atoms with Crippen LogP contribution in [-0.2, 0) is 48.2 Å². The Hall–Kier alpha value is -5.15. The van der Waals surface area contributed by atoms with Crippen LogP contribution in [0.15, 0.2) is 97.3 Å². The smallest absolute Gasteiger partial charge is 0.167 e. The van der Waals surface area contributed by atoms with Crippen LogP contribution in [0, 0.1) is 5.92 Å². The number of fused-ring (bicyclic) bond motifs is 2. The molecule has 8 N–H and O–H groups in total. The summed E-state index contributed by atoms with van der Waals surface area (Å²) in [4.78, 5) is 18.6. The Labute approximate surface area is 420 Å². The number of phenolic OH excluding ortho intramolecular Hbond substituents is 3. The maximum atomic E-state index is 15.4. The van der Waals surface area contributed by atoms with Crippen LogP contribution >= 0.6 is 21.6 Å². The Kier molecular flexibility index (Phi) is 16.8. The van der Waals surface area contributed by atoms with Crippen LogP contribution in [0.2, 0.25) is 0 Å². The van der Waals surface area contributed by atoms with Crippen LogP contribution in [0.5, 0.6) is 28.7 Å². The molecular weight excluding hydrogens is 919 g/mol. The highest BCUT2D eigenvalue weighted by atomic mass is 33.1. The lowest BCUT2D eigenvalue weighted by Gasteiger charge is -2.38. The maximum absolute atomic E-state index is 15.4. The van der Waals surface area contributed by atoms with Gasteiger partial charge in [-0.1, -0.05) is 102 Å². The number of phenols is 3. The average Bonchev–Trinajstić information content (AvgIpc) is 3.87. The van der Waals surface area contributed by atoms with Crippen molar-refractivity contribution in [3.63, 3.8) is 0 Å². The fourth-order valence-corrected chi connectivity index (χ4v) is 13.4. The molecule has 1 saturated carbocycles. The van der Waals surface area contributed by atoms with E-state index in [1.54, 1.807) is 43.0 Å². The topological polar surface area (TPSA) is 177 Å². The molecule has 70 heavy (non-hydrogen) atoms. The summed E-state index contributed by atoms with van der Waals surface area (Å²) < 4.78 is 12.1. The minimum absolute atomic E-state index is 0.0208. The summed E-state index contributed by atoms with van der Waals surface area (Å²) in [6, 6.07) is 27.2. The number of aromatic nitrogens is 1. The number of H-pyrrole nitrogens is 1. The van der Waals surface area contributed by atoms with E-state index < -0.39 is 23.5 Å².